The fourth-order valence-electron chi connectivity index (χ4n) is 4.75. The quantitative estimate of drug-likeness (QED) is 0.368. The Labute approximate surface area is 210 Å². The van der Waals surface area contributed by atoms with Crippen LogP contribution < -0.4 is 0 Å². The number of hydrogen-bond acceptors (Lipinski definition) is 5. The van der Waals surface area contributed by atoms with Gasteiger partial charge in [-0.3, -0.25) is 9.80 Å². The van der Waals surface area contributed by atoms with Crippen LogP contribution in [0.2, 0.25) is 0 Å². The molecule has 0 amide bonds. The summed E-state index contributed by atoms with van der Waals surface area (Å²) in [5, 5.41) is 8.95. The van der Waals surface area contributed by atoms with E-state index in [-0.39, 0.29) is 12.6 Å². The van der Waals surface area contributed by atoms with Gasteiger partial charge in [0.1, 0.15) is 0 Å². The summed E-state index contributed by atoms with van der Waals surface area (Å²) in [7, 11) is 1.42. The largest absolute Gasteiger partial charge is 0.466 e. The third-order valence-electron chi connectivity index (χ3n) is 6.75. The van der Waals surface area contributed by atoms with Crippen LogP contribution in [0.25, 0.3) is 0 Å². The second kappa shape index (κ2) is 14.6. The number of nitrogens with zero attached hydrogens (tertiary/aromatic N) is 2. The first-order valence-electron chi connectivity index (χ1n) is 12.7. The Balaban J connectivity index is 0.000000196. The standard InChI is InChI=1S/C15H19NO2.C15H21NO/c1-18-15(17)11-13-7-9-16(10-8-13)12-14-5-3-2-4-6-14;1-13-11-16(9-7-15(13)8-10-17)12-14-5-3-2-4-6-14/h2-6,11H,7-10,12H2,1H3;2-6,8,13,17H,7,9-12H2,1H3/b;15-8-. The van der Waals surface area contributed by atoms with E-state index in [0.29, 0.717) is 5.92 Å². The molecule has 2 aromatic carbocycles. The highest BCUT2D eigenvalue weighted by atomic mass is 16.5. The van der Waals surface area contributed by atoms with Gasteiger partial charge in [-0.2, -0.15) is 0 Å². The first kappa shape index (κ1) is 26.9. The van der Waals surface area contributed by atoms with Crippen molar-refractivity contribution < 1.29 is 14.6 Å². The second-order valence-corrected chi connectivity index (χ2v) is 9.42. The molecule has 2 saturated heterocycles. The molecular weight excluding hydrogens is 436 g/mol. The van der Waals surface area contributed by atoms with Crippen molar-refractivity contribution in [2.45, 2.75) is 39.3 Å². The lowest BCUT2D eigenvalue weighted by Crippen LogP contribution is -2.35. The van der Waals surface area contributed by atoms with Crippen LogP contribution in [0.5, 0.6) is 0 Å². The number of benzene rings is 2. The smallest absolute Gasteiger partial charge is 0.330 e. The number of ether oxygens (including phenoxy) is 1. The molecule has 0 radical (unpaired) electrons. The molecule has 0 spiro atoms. The molecule has 0 bridgehead atoms. The van der Waals surface area contributed by atoms with E-state index >= 15 is 0 Å². The highest BCUT2D eigenvalue weighted by molar-refractivity contribution is 5.82. The lowest BCUT2D eigenvalue weighted by molar-refractivity contribution is -0.134. The van der Waals surface area contributed by atoms with Gasteiger partial charge < -0.3 is 9.84 Å². The van der Waals surface area contributed by atoms with E-state index in [4.69, 9.17) is 5.11 Å². The van der Waals surface area contributed by atoms with Crippen LogP contribution in [-0.4, -0.2) is 60.8 Å². The number of likely N-dealkylation sites (tertiary alicyclic amines) is 2. The van der Waals surface area contributed by atoms with Gasteiger partial charge in [-0.15, -0.1) is 0 Å². The Hall–Kier alpha value is -2.73. The van der Waals surface area contributed by atoms with Crippen molar-refractivity contribution in [1.29, 1.82) is 0 Å². The molecule has 188 valence electrons. The molecular formula is C30H40N2O3. The lowest BCUT2D eigenvalue weighted by atomic mass is 9.93. The van der Waals surface area contributed by atoms with Crippen molar-refractivity contribution in [2.75, 3.05) is 39.9 Å². The maximum atomic E-state index is 11.1. The summed E-state index contributed by atoms with van der Waals surface area (Å²) in [5.74, 6) is 0.334. The average Bonchev–Trinajstić information content (AvgIpc) is 2.88. The minimum Gasteiger partial charge on any atom is -0.466 e. The highest BCUT2D eigenvalue weighted by Crippen LogP contribution is 2.23. The minimum atomic E-state index is -0.235. The zero-order valence-electron chi connectivity index (χ0n) is 21.2. The van der Waals surface area contributed by atoms with E-state index in [1.54, 1.807) is 6.08 Å². The van der Waals surface area contributed by atoms with Crippen molar-refractivity contribution in [3.63, 3.8) is 0 Å². The van der Waals surface area contributed by atoms with Gasteiger partial charge >= 0.3 is 5.97 Å². The molecule has 5 nitrogen and oxygen atoms in total. The highest BCUT2D eigenvalue weighted by Gasteiger charge is 2.20. The van der Waals surface area contributed by atoms with E-state index in [9.17, 15) is 4.79 Å². The third kappa shape index (κ3) is 9.44. The molecule has 2 aliphatic heterocycles. The topological polar surface area (TPSA) is 53.0 Å². The maximum Gasteiger partial charge on any atom is 0.330 e. The number of aliphatic hydroxyl groups excluding tert-OH is 1. The van der Waals surface area contributed by atoms with Crippen molar-refractivity contribution in [3.8, 4) is 0 Å². The second-order valence-electron chi connectivity index (χ2n) is 9.42. The lowest BCUT2D eigenvalue weighted by Gasteiger charge is -2.33. The van der Waals surface area contributed by atoms with Gasteiger partial charge in [-0.1, -0.05) is 84.8 Å². The van der Waals surface area contributed by atoms with Crippen LogP contribution >= 0.6 is 0 Å². The van der Waals surface area contributed by atoms with E-state index in [2.05, 4.69) is 76.1 Å². The number of aliphatic hydroxyl groups is 1. The zero-order valence-corrected chi connectivity index (χ0v) is 21.2. The molecule has 2 fully saturated rings. The maximum absolute atomic E-state index is 11.1. The van der Waals surface area contributed by atoms with Gasteiger partial charge in [0.25, 0.3) is 0 Å². The molecule has 5 heteroatoms. The number of carbonyl (C=O) groups is 1. The molecule has 1 N–H and O–H groups in total. The van der Waals surface area contributed by atoms with Crippen LogP contribution in [0.3, 0.4) is 0 Å². The summed E-state index contributed by atoms with van der Waals surface area (Å²) in [6.45, 7) is 8.68. The normalized spacial score (nSPS) is 20.1. The molecule has 4 rings (SSSR count). The minimum absolute atomic E-state index is 0.179. The molecule has 2 aliphatic rings. The fraction of sp³-hybridized carbons (Fsp3) is 0.433. The number of hydrogen-bond donors (Lipinski definition) is 1. The number of rotatable bonds is 6. The summed E-state index contributed by atoms with van der Waals surface area (Å²) < 4.78 is 4.65. The van der Waals surface area contributed by atoms with Gasteiger partial charge in [0, 0.05) is 45.3 Å². The van der Waals surface area contributed by atoms with Crippen LogP contribution in [0, 0.1) is 5.92 Å². The zero-order chi connectivity index (χ0) is 24.9. The molecule has 35 heavy (non-hydrogen) atoms. The van der Waals surface area contributed by atoms with E-state index in [1.165, 1.54) is 29.4 Å². The average molecular weight is 477 g/mol. The first-order chi connectivity index (χ1) is 17.1. The van der Waals surface area contributed by atoms with Crippen molar-refractivity contribution >= 4 is 5.97 Å². The Bertz CT molecular complexity index is 946. The molecule has 0 aromatic heterocycles. The molecule has 0 aliphatic carbocycles. The predicted octanol–water partition coefficient (Wildman–Crippen LogP) is 4.83. The summed E-state index contributed by atoms with van der Waals surface area (Å²) in [5.41, 5.74) is 5.34. The number of methoxy groups -OCH3 is 1. The molecule has 2 aromatic rings. The van der Waals surface area contributed by atoms with Crippen LogP contribution in [0.1, 0.15) is 37.3 Å². The number of carbonyl (C=O) groups excluding carboxylic acids is 1. The molecule has 1 unspecified atom stereocenters. The van der Waals surface area contributed by atoms with Gasteiger partial charge in [0.15, 0.2) is 0 Å². The summed E-state index contributed by atoms with van der Waals surface area (Å²) in [4.78, 5) is 16.1. The molecule has 2 heterocycles. The van der Waals surface area contributed by atoms with Crippen LogP contribution in [0.4, 0.5) is 0 Å². The Kier molecular flexibility index (Phi) is 11.2. The van der Waals surface area contributed by atoms with Gasteiger partial charge in [0.05, 0.1) is 13.7 Å². The van der Waals surface area contributed by atoms with Crippen LogP contribution in [0.15, 0.2) is 84.0 Å². The summed E-state index contributed by atoms with van der Waals surface area (Å²) in [6, 6.07) is 21.1. The van der Waals surface area contributed by atoms with Crippen molar-refractivity contribution in [3.05, 3.63) is 95.1 Å². The first-order valence-corrected chi connectivity index (χ1v) is 12.7. The number of piperidine rings is 2. The fourth-order valence-corrected chi connectivity index (χ4v) is 4.75. The monoisotopic (exact) mass is 476 g/mol. The van der Waals surface area contributed by atoms with Gasteiger partial charge in [0.2, 0.25) is 0 Å². The van der Waals surface area contributed by atoms with Crippen molar-refractivity contribution in [2.24, 2.45) is 5.92 Å². The SMILES string of the molecule is CC1CN(Cc2ccccc2)CC/C1=C/CO.COC(=O)C=C1CCN(Cc2ccccc2)CC1. The molecule has 1 atom stereocenters. The van der Waals surface area contributed by atoms with E-state index < -0.39 is 0 Å². The van der Waals surface area contributed by atoms with E-state index in [1.807, 2.05) is 12.1 Å². The van der Waals surface area contributed by atoms with Gasteiger partial charge in [-0.05, 0) is 36.3 Å². The van der Waals surface area contributed by atoms with Crippen LogP contribution in [-0.2, 0) is 22.6 Å². The number of esters is 1. The Morgan fingerprint density at radius 3 is 1.97 bits per heavy atom. The Morgan fingerprint density at radius 1 is 0.914 bits per heavy atom. The predicted molar refractivity (Wildman–Crippen MR) is 142 cm³/mol. The van der Waals surface area contributed by atoms with E-state index in [0.717, 1.165) is 58.5 Å². The summed E-state index contributed by atoms with van der Waals surface area (Å²) >= 11 is 0. The third-order valence-corrected chi connectivity index (χ3v) is 6.75. The van der Waals surface area contributed by atoms with Crippen molar-refractivity contribution in [1.82, 2.24) is 9.80 Å². The molecule has 0 saturated carbocycles. The van der Waals surface area contributed by atoms with Gasteiger partial charge in [-0.25, -0.2) is 4.79 Å². The Morgan fingerprint density at radius 2 is 1.46 bits per heavy atom. The summed E-state index contributed by atoms with van der Waals surface area (Å²) in [6.07, 6.45) is 6.63.